The smallest absolute Gasteiger partial charge is 0.0749 e. The highest BCUT2D eigenvalue weighted by molar-refractivity contribution is 5.18. The number of unbranched alkanes of at least 4 members (excludes halogenated alkanes) is 2. The molecule has 3 N–H and O–H groups in total. The minimum Gasteiger partial charge on any atom is -0.392 e. The zero-order chi connectivity index (χ0) is 21.5. The molecular weight excluding hydrogens is 384 g/mol. The molecule has 0 amide bonds. The van der Waals surface area contributed by atoms with Gasteiger partial charge in [-0.3, -0.25) is 4.98 Å². The van der Waals surface area contributed by atoms with E-state index in [0.29, 0.717) is 17.8 Å². The molecule has 170 valence electrons. The largest absolute Gasteiger partial charge is 0.392 e. The molecule has 3 fully saturated rings. The number of pyridine rings is 1. The molecule has 1 aromatic rings. The van der Waals surface area contributed by atoms with E-state index < -0.39 is 0 Å². The van der Waals surface area contributed by atoms with Crippen LogP contribution in [0, 0.1) is 23.7 Å². The summed E-state index contributed by atoms with van der Waals surface area (Å²) >= 11 is 0. The van der Waals surface area contributed by atoms with Gasteiger partial charge in [0.15, 0.2) is 0 Å². The van der Waals surface area contributed by atoms with Crippen LogP contribution in [0.1, 0.15) is 69.8 Å². The second-order valence-electron chi connectivity index (χ2n) is 10.0. The molecule has 0 aliphatic heterocycles. The van der Waals surface area contributed by atoms with Crippen LogP contribution in [0.25, 0.3) is 0 Å². The van der Waals surface area contributed by atoms with Crippen LogP contribution in [-0.2, 0) is 6.54 Å². The van der Waals surface area contributed by atoms with E-state index >= 15 is 0 Å². The normalized spacial score (nSPS) is 31.1. The molecule has 0 aromatic carbocycles. The lowest BCUT2D eigenvalue weighted by atomic mass is 9.89. The van der Waals surface area contributed by atoms with Crippen molar-refractivity contribution in [1.82, 2.24) is 10.3 Å². The van der Waals surface area contributed by atoms with Gasteiger partial charge in [0, 0.05) is 24.9 Å². The van der Waals surface area contributed by atoms with Crippen molar-refractivity contribution >= 4 is 0 Å². The van der Waals surface area contributed by atoms with Crippen molar-refractivity contribution in [1.29, 1.82) is 0 Å². The Morgan fingerprint density at radius 3 is 2.74 bits per heavy atom. The van der Waals surface area contributed by atoms with Gasteiger partial charge < -0.3 is 15.5 Å². The molecule has 4 rings (SSSR count). The predicted octanol–water partition coefficient (Wildman–Crippen LogP) is 4.78. The highest BCUT2D eigenvalue weighted by Crippen LogP contribution is 2.50. The van der Waals surface area contributed by atoms with Crippen molar-refractivity contribution < 1.29 is 10.2 Å². The van der Waals surface area contributed by atoms with E-state index in [1.807, 2.05) is 18.5 Å². The fourth-order valence-corrected chi connectivity index (χ4v) is 6.07. The van der Waals surface area contributed by atoms with Crippen LogP contribution < -0.4 is 5.32 Å². The average Bonchev–Trinajstić information content (AvgIpc) is 3.50. The highest BCUT2D eigenvalue weighted by Gasteiger charge is 2.45. The van der Waals surface area contributed by atoms with E-state index in [-0.39, 0.29) is 18.1 Å². The molecule has 5 atom stereocenters. The van der Waals surface area contributed by atoms with Crippen LogP contribution in [0.4, 0.5) is 0 Å². The fraction of sp³-hybridized carbons (Fsp3) is 0.667. The van der Waals surface area contributed by atoms with Crippen LogP contribution in [0.15, 0.2) is 48.3 Å². The number of fused-ring (bicyclic) bond motifs is 1. The Morgan fingerprint density at radius 2 is 1.94 bits per heavy atom. The second-order valence-corrected chi connectivity index (χ2v) is 10.0. The van der Waals surface area contributed by atoms with Crippen LogP contribution in [-0.4, -0.2) is 33.9 Å². The van der Waals surface area contributed by atoms with Gasteiger partial charge in [-0.2, -0.15) is 0 Å². The molecule has 1 aromatic heterocycles. The van der Waals surface area contributed by atoms with Crippen molar-refractivity contribution in [3.05, 3.63) is 53.9 Å². The molecule has 0 saturated heterocycles. The van der Waals surface area contributed by atoms with E-state index in [2.05, 4.69) is 34.6 Å². The molecule has 0 bridgehead atoms. The number of hydrogen-bond acceptors (Lipinski definition) is 4. The Morgan fingerprint density at radius 1 is 1.13 bits per heavy atom. The first-order valence-electron chi connectivity index (χ1n) is 12.5. The first-order chi connectivity index (χ1) is 15.2. The Labute approximate surface area is 187 Å². The lowest BCUT2D eigenvalue weighted by Crippen LogP contribution is -2.19. The fourth-order valence-electron chi connectivity index (χ4n) is 6.07. The number of rotatable bonds is 10. The molecule has 1 heterocycles. The van der Waals surface area contributed by atoms with Gasteiger partial charge in [-0.05, 0) is 93.4 Å². The van der Waals surface area contributed by atoms with Crippen LogP contribution >= 0.6 is 0 Å². The second kappa shape index (κ2) is 11.4. The maximum Gasteiger partial charge on any atom is 0.0749 e. The lowest BCUT2D eigenvalue weighted by molar-refractivity contribution is 0.135. The first kappa shape index (κ1) is 22.7. The standard InChI is InChI=1S/C27H40N2O2/c30-26(22-7-3-4-8-22)10-9-24-25-17-21(16-23(25)18-27(24)31)6-2-1-5-13-29-19-20-11-14-28-15-12-20/h6,9-12,14-15,22-27,29-31H,1-5,7-8,13,16-19H2/b10-9+,21-6+/t23-,24+,25-,26+,27+/m0/s1. The number of hydrogen-bond donors (Lipinski definition) is 3. The van der Waals surface area contributed by atoms with E-state index in [4.69, 9.17) is 0 Å². The van der Waals surface area contributed by atoms with Gasteiger partial charge in [0.25, 0.3) is 0 Å². The summed E-state index contributed by atoms with van der Waals surface area (Å²) in [6.07, 6.45) is 21.4. The quantitative estimate of drug-likeness (QED) is 0.373. The summed E-state index contributed by atoms with van der Waals surface area (Å²) in [5, 5.41) is 24.6. The maximum absolute atomic E-state index is 10.6. The molecule has 31 heavy (non-hydrogen) atoms. The number of allylic oxidation sites excluding steroid dienone is 2. The predicted molar refractivity (Wildman–Crippen MR) is 125 cm³/mol. The maximum atomic E-state index is 10.6. The molecule has 3 aliphatic carbocycles. The van der Waals surface area contributed by atoms with Gasteiger partial charge in [0.1, 0.15) is 0 Å². The van der Waals surface area contributed by atoms with E-state index in [0.717, 1.165) is 51.6 Å². The molecule has 3 aliphatic rings. The zero-order valence-electron chi connectivity index (χ0n) is 18.8. The molecule has 4 nitrogen and oxygen atoms in total. The zero-order valence-corrected chi connectivity index (χ0v) is 18.8. The first-order valence-corrected chi connectivity index (χ1v) is 12.5. The SMILES string of the molecule is O[C@H](/C=C/[C@@H]1[C@H]2C/C(=C/CCCCNCc3ccncc3)C[C@H]2C[C@H]1O)C1CCCC1. The van der Waals surface area contributed by atoms with Crippen molar-refractivity contribution in [3.8, 4) is 0 Å². The summed E-state index contributed by atoms with van der Waals surface area (Å²) in [6.45, 7) is 1.97. The van der Waals surface area contributed by atoms with E-state index in [1.54, 1.807) is 5.57 Å². The Bertz CT molecular complexity index is 726. The van der Waals surface area contributed by atoms with Crippen molar-refractivity contribution in [3.63, 3.8) is 0 Å². The Hall–Kier alpha value is -1.49. The summed E-state index contributed by atoms with van der Waals surface area (Å²) in [7, 11) is 0. The van der Waals surface area contributed by atoms with Gasteiger partial charge in [-0.25, -0.2) is 0 Å². The molecular formula is C27H40N2O2. The number of aliphatic hydroxyl groups excluding tert-OH is 2. The van der Waals surface area contributed by atoms with Crippen LogP contribution in [0.5, 0.6) is 0 Å². The van der Waals surface area contributed by atoms with Gasteiger partial charge in [-0.15, -0.1) is 0 Å². The Balaban J connectivity index is 1.16. The number of aliphatic hydroxyl groups is 2. The van der Waals surface area contributed by atoms with E-state index in [1.165, 1.54) is 31.2 Å². The van der Waals surface area contributed by atoms with E-state index in [9.17, 15) is 10.2 Å². The molecule has 4 heteroatoms. The van der Waals surface area contributed by atoms with Crippen LogP contribution in [0.2, 0.25) is 0 Å². The average molecular weight is 425 g/mol. The summed E-state index contributed by atoms with van der Waals surface area (Å²) in [6, 6.07) is 4.12. The van der Waals surface area contributed by atoms with Gasteiger partial charge in [0.05, 0.1) is 12.2 Å². The van der Waals surface area contributed by atoms with Crippen LogP contribution in [0.3, 0.4) is 0 Å². The number of nitrogens with one attached hydrogen (secondary N) is 1. The molecule has 0 spiro atoms. The summed E-state index contributed by atoms with van der Waals surface area (Å²) in [5.41, 5.74) is 2.89. The molecule has 0 unspecified atom stereocenters. The lowest BCUT2D eigenvalue weighted by Gasteiger charge is -2.19. The number of aromatic nitrogens is 1. The monoisotopic (exact) mass is 424 g/mol. The third-order valence-corrected chi connectivity index (χ3v) is 7.84. The number of nitrogens with zero attached hydrogens (tertiary/aromatic N) is 1. The van der Waals surface area contributed by atoms with Crippen molar-refractivity contribution in [2.75, 3.05) is 6.54 Å². The molecule has 0 radical (unpaired) electrons. The third-order valence-electron chi connectivity index (χ3n) is 7.84. The van der Waals surface area contributed by atoms with Gasteiger partial charge >= 0.3 is 0 Å². The summed E-state index contributed by atoms with van der Waals surface area (Å²) in [5.74, 6) is 1.85. The highest BCUT2D eigenvalue weighted by atomic mass is 16.3. The van der Waals surface area contributed by atoms with Gasteiger partial charge in [0.2, 0.25) is 0 Å². The third kappa shape index (κ3) is 6.27. The van der Waals surface area contributed by atoms with Crippen molar-refractivity contribution in [2.24, 2.45) is 23.7 Å². The summed E-state index contributed by atoms with van der Waals surface area (Å²) < 4.78 is 0. The minimum absolute atomic E-state index is 0.226. The Kier molecular flexibility index (Phi) is 8.34. The van der Waals surface area contributed by atoms with Crippen molar-refractivity contribution in [2.45, 2.75) is 83.0 Å². The topological polar surface area (TPSA) is 65.4 Å². The molecule has 3 saturated carbocycles. The minimum atomic E-state index is -0.322. The summed E-state index contributed by atoms with van der Waals surface area (Å²) in [4.78, 5) is 4.05. The van der Waals surface area contributed by atoms with Gasteiger partial charge in [-0.1, -0.05) is 36.6 Å².